The molecule has 2 aromatic carbocycles. The second kappa shape index (κ2) is 7.64. The monoisotopic (exact) mass is 380 g/mol. The van der Waals surface area contributed by atoms with E-state index in [0.29, 0.717) is 11.8 Å². The fourth-order valence-corrected chi connectivity index (χ4v) is 4.54. The Morgan fingerprint density at radius 1 is 1.08 bits per heavy atom. The van der Waals surface area contributed by atoms with E-state index >= 15 is 0 Å². The molecule has 1 aliphatic rings. The van der Waals surface area contributed by atoms with Crippen molar-refractivity contribution in [2.75, 3.05) is 29.8 Å². The van der Waals surface area contributed by atoms with Crippen molar-refractivity contribution in [1.29, 1.82) is 0 Å². The van der Waals surface area contributed by atoms with Gasteiger partial charge >= 0.3 is 0 Å². The van der Waals surface area contributed by atoms with Gasteiger partial charge in [-0.15, -0.1) is 0 Å². The van der Waals surface area contributed by atoms with Crippen LogP contribution in [0.5, 0.6) is 0 Å². The number of halogens is 1. The third kappa shape index (κ3) is 4.26. The highest BCUT2D eigenvalue weighted by Gasteiger charge is 2.20. The van der Waals surface area contributed by atoms with Gasteiger partial charge in [0.15, 0.2) is 0 Å². The second-order valence-corrected chi connectivity index (χ2v) is 8.06. The van der Waals surface area contributed by atoms with Crippen LogP contribution in [0.4, 0.5) is 11.4 Å². The molecular formula is C18H21ClN2O3S. The van der Waals surface area contributed by atoms with Gasteiger partial charge < -0.3 is 9.64 Å². The molecule has 2 aromatic rings. The van der Waals surface area contributed by atoms with Gasteiger partial charge in [-0.3, -0.25) is 4.72 Å². The Morgan fingerprint density at radius 2 is 1.72 bits per heavy atom. The fourth-order valence-electron chi connectivity index (χ4n) is 2.96. The standard InChI is InChI=1S/C18H21ClN2O3S/c1-24-16-10-12-21(13-11-16)15-8-6-14(7-9-15)20-25(22,23)18-5-3-2-4-17(18)19/h2-9,16,20H,10-13H2,1H3. The van der Waals surface area contributed by atoms with Gasteiger partial charge in [-0.2, -0.15) is 0 Å². The Labute approximate surface area is 153 Å². The lowest BCUT2D eigenvalue weighted by Crippen LogP contribution is -2.36. The Kier molecular flexibility index (Phi) is 5.51. The van der Waals surface area contributed by atoms with Crippen LogP contribution in [-0.4, -0.2) is 34.7 Å². The topological polar surface area (TPSA) is 58.6 Å². The normalized spacial score (nSPS) is 16.0. The lowest BCUT2D eigenvalue weighted by Gasteiger charge is -2.33. The number of nitrogens with zero attached hydrogens (tertiary/aromatic N) is 1. The Morgan fingerprint density at radius 3 is 2.32 bits per heavy atom. The zero-order valence-electron chi connectivity index (χ0n) is 14.0. The zero-order valence-corrected chi connectivity index (χ0v) is 15.6. The maximum atomic E-state index is 12.5. The molecule has 5 nitrogen and oxygen atoms in total. The molecule has 0 aliphatic carbocycles. The van der Waals surface area contributed by atoms with Crippen LogP contribution in [0.2, 0.25) is 5.02 Å². The first-order valence-corrected chi connectivity index (χ1v) is 10.0. The zero-order chi connectivity index (χ0) is 17.9. The largest absolute Gasteiger partial charge is 0.381 e. The van der Waals surface area contributed by atoms with E-state index in [1.165, 1.54) is 6.07 Å². The molecule has 7 heteroatoms. The van der Waals surface area contributed by atoms with Gasteiger partial charge in [0.1, 0.15) is 4.90 Å². The molecule has 1 N–H and O–H groups in total. The van der Waals surface area contributed by atoms with E-state index < -0.39 is 10.0 Å². The minimum Gasteiger partial charge on any atom is -0.381 e. The van der Waals surface area contributed by atoms with E-state index in [-0.39, 0.29) is 9.92 Å². The Balaban J connectivity index is 1.70. The number of hydrogen-bond acceptors (Lipinski definition) is 4. The predicted octanol–water partition coefficient (Wildman–Crippen LogP) is 3.76. The van der Waals surface area contributed by atoms with Crippen LogP contribution >= 0.6 is 11.6 Å². The molecule has 1 aliphatic heterocycles. The summed E-state index contributed by atoms with van der Waals surface area (Å²) in [5.74, 6) is 0. The minimum atomic E-state index is -3.70. The Hall–Kier alpha value is -1.76. The molecule has 134 valence electrons. The van der Waals surface area contributed by atoms with Crippen LogP contribution in [-0.2, 0) is 14.8 Å². The van der Waals surface area contributed by atoms with Gasteiger partial charge in [-0.1, -0.05) is 23.7 Å². The van der Waals surface area contributed by atoms with Crippen LogP contribution in [0.25, 0.3) is 0 Å². The average molecular weight is 381 g/mol. The van der Waals surface area contributed by atoms with Gasteiger partial charge in [-0.25, -0.2) is 8.42 Å². The van der Waals surface area contributed by atoms with E-state index in [1.807, 2.05) is 12.1 Å². The summed E-state index contributed by atoms with van der Waals surface area (Å²) in [6, 6.07) is 13.8. The van der Waals surface area contributed by atoms with E-state index in [1.54, 1.807) is 37.4 Å². The Bertz CT molecular complexity index is 816. The molecule has 0 bridgehead atoms. The molecule has 0 amide bonds. The maximum Gasteiger partial charge on any atom is 0.263 e. The van der Waals surface area contributed by atoms with Crippen LogP contribution in [0.3, 0.4) is 0 Å². The molecule has 3 rings (SSSR count). The summed E-state index contributed by atoms with van der Waals surface area (Å²) in [6.07, 6.45) is 2.33. The summed E-state index contributed by atoms with van der Waals surface area (Å²) < 4.78 is 32.9. The molecule has 1 fully saturated rings. The van der Waals surface area contributed by atoms with Crippen molar-refractivity contribution in [1.82, 2.24) is 0 Å². The second-order valence-electron chi connectivity index (χ2n) is 6.00. The van der Waals surface area contributed by atoms with Gasteiger partial charge in [0.2, 0.25) is 0 Å². The number of ether oxygens (including phenoxy) is 1. The number of sulfonamides is 1. The molecule has 0 aromatic heterocycles. The van der Waals surface area contributed by atoms with Crippen molar-refractivity contribution < 1.29 is 13.2 Å². The molecule has 0 atom stereocenters. The highest BCUT2D eigenvalue weighted by atomic mass is 35.5. The number of nitrogens with one attached hydrogen (secondary N) is 1. The number of piperidine rings is 1. The van der Waals surface area contributed by atoms with Crippen molar-refractivity contribution >= 4 is 33.0 Å². The third-order valence-electron chi connectivity index (χ3n) is 4.39. The van der Waals surface area contributed by atoms with E-state index in [2.05, 4.69) is 9.62 Å². The molecule has 25 heavy (non-hydrogen) atoms. The van der Waals surface area contributed by atoms with Crippen molar-refractivity contribution in [2.45, 2.75) is 23.8 Å². The third-order valence-corrected chi connectivity index (χ3v) is 6.27. The molecule has 1 saturated heterocycles. The fraction of sp³-hybridized carbons (Fsp3) is 0.333. The van der Waals surface area contributed by atoms with Crippen molar-refractivity contribution in [3.05, 3.63) is 53.6 Å². The van der Waals surface area contributed by atoms with E-state index in [4.69, 9.17) is 16.3 Å². The summed E-state index contributed by atoms with van der Waals surface area (Å²) in [6.45, 7) is 1.87. The van der Waals surface area contributed by atoms with Crippen molar-refractivity contribution in [3.8, 4) is 0 Å². The molecule has 0 unspecified atom stereocenters. The smallest absolute Gasteiger partial charge is 0.263 e. The number of rotatable bonds is 5. The highest BCUT2D eigenvalue weighted by Crippen LogP contribution is 2.26. The minimum absolute atomic E-state index is 0.0716. The van der Waals surface area contributed by atoms with Crippen LogP contribution in [0.15, 0.2) is 53.4 Å². The van der Waals surface area contributed by atoms with Gasteiger partial charge in [-0.05, 0) is 49.2 Å². The van der Waals surface area contributed by atoms with E-state index in [0.717, 1.165) is 31.6 Å². The summed E-state index contributed by atoms with van der Waals surface area (Å²) in [5, 5.41) is 0.202. The van der Waals surface area contributed by atoms with Gasteiger partial charge in [0, 0.05) is 31.6 Å². The average Bonchev–Trinajstić information content (AvgIpc) is 2.62. The number of benzene rings is 2. The summed E-state index contributed by atoms with van der Waals surface area (Å²) >= 11 is 5.99. The molecule has 1 heterocycles. The van der Waals surface area contributed by atoms with Crippen LogP contribution in [0, 0.1) is 0 Å². The SMILES string of the molecule is COC1CCN(c2ccc(NS(=O)(=O)c3ccccc3Cl)cc2)CC1. The lowest BCUT2D eigenvalue weighted by atomic mass is 10.1. The van der Waals surface area contributed by atoms with Crippen LogP contribution < -0.4 is 9.62 Å². The summed E-state index contributed by atoms with van der Waals surface area (Å²) in [5.41, 5.74) is 1.59. The molecule has 0 spiro atoms. The highest BCUT2D eigenvalue weighted by molar-refractivity contribution is 7.92. The predicted molar refractivity (Wildman–Crippen MR) is 101 cm³/mol. The number of anilines is 2. The number of hydrogen-bond donors (Lipinski definition) is 1. The molecule has 0 radical (unpaired) electrons. The lowest BCUT2D eigenvalue weighted by molar-refractivity contribution is 0.0819. The van der Waals surface area contributed by atoms with Gasteiger partial charge in [0.25, 0.3) is 10.0 Å². The maximum absolute atomic E-state index is 12.5. The van der Waals surface area contributed by atoms with Crippen molar-refractivity contribution in [2.24, 2.45) is 0 Å². The summed E-state index contributed by atoms with van der Waals surface area (Å²) in [7, 11) is -1.95. The molecular weight excluding hydrogens is 360 g/mol. The first-order chi connectivity index (χ1) is 12.0. The first kappa shape index (κ1) is 18.0. The molecule has 0 saturated carbocycles. The quantitative estimate of drug-likeness (QED) is 0.858. The van der Waals surface area contributed by atoms with E-state index in [9.17, 15) is 8.42 Å². The summed E-state index contributed by atoms with van der Waals surface area (Å²) in [4.78, 5) is 2.35. The van der Waals surface area contributed by atoms with Crippen LogP contribution in [0.1, 0.15) is 12.8 Å². The number of methoxy groups -OCH3 is 1. The van der Waals surface area contributed by atoms with Gasteiger partial charge in [0.05, 0.1) is 11.1 Å². The first-order valence-electron chi connectivity index (χ1n) is 8.15. The van der Waals surface area contributed by atoms with Crippen molar-refractivity contribution in [3.63, 3.8) is 0 Å².